The van der Waals surface area contributed by atoms with Crippen LogP contribution in [0.25, 0.3) is 0 Å². The van der Waals surface area contributed by atoms with Crippen LogP contribution < -0.4 is 10.6 Å². The van der Waals surface area contributed by atoms with E-state index in [2.05, 4.69) is 4.90 Å². The van der Waals surface area contributed by atoms with Gasteiger partial charge in [-0.05, 0) is 68.3 Å². The second-order valence-electron chi connectivity index (χ2n) is 5.91. The fourth-order valence-electron chi connectivity index (χ4n) is 3.94. The van der Waals surface area contributed by atoms with Crippen molar-refractivity contribution >= 4 is 5.69 Å². The van der Waals surface area contributed by atoms with Crippen LogP contribution in [0.1, 0.15) is 37.7 Å². The molecule has 104 valence electrons. The van der Waals surface area contributed by atoms with Gasteiger partial charge in [-0.25, -0.2) is 4.39 Å². The highest BCUT2D eigenvalue weighted by Gasteiger charge is 2.35. The van der Waals surface area contributed by atoms with Crippen molar-refractivity contribution in [2.24, 2.45) is 11.7 Å². The van der Waals surface area contributed by atoms with Gasteiger partial charge in [0.15, 0.2) is 0 Å². The Morgan fingerprint density at radius 2 is 2.05 bits per heavy atom. The molecule has 0 bridgehead atoms. The molecule has 1 aromatic carbocycles. The standard InChI is InChI=1S/C16H23FN2/c17-14-6-7-16(13(11-14)8-9-18)19-10-2-4-12-3-1-5-15(12)19/h6-7,11-12,15H,1-5,8-10,18H2. The van der Waals surface area contributed by atoms with Crippen LogP contribution in [-0.4, -0.2) is 19.1 Å². The molecule has 3 rings (SSSR count). The van der Waals surface area contributed by atoms with E-state index in [1.54, 1.807) is 12.1 Å². The molecule has 1 aliphatic heterocycles. The number of rotatable bonds is 3. The maximum atomic E-state index is 13.4. The lowest BCUT2D eigenvalue weighted by Gasteiger charge is -2.40. The molecular formula is C16H23FN2. The number of fused-ring (bicyclic) bond motifs is 1. The molecule has 1 saturated carbocycles. The molecule has 1 aromatic rings. The SMILES string of the molecule is NCCc1cc(F)ccc1N1CCCC2CCCC21. The quantitative estimate of drug-likeness (QED) is 0.907. The summed E-state index contributed by atoms with van der Waals surface area (Å²) in [6.45, 7) is 1.70. The Labute approximate surface area is 114 Å². The maximum Gasteiger partial charge on any atom is 0.123 e. The summed E-state index contributed by atoms with van der Waals surface area (Å²) >= 11 is 0. The van der Waals surface area contributed by atoms with E-state index in [1.165, 1.54) is 37.8 Å². The number of hydrogen-bond acceptors (Lipinski definition) is 2. The molecule has 2 fully saturated rings. The summed E-state index contributed by atoms with van der Waals surface area (Å²) in [4.78, 5) is 2.53. The van der Waals surface area contributed by atoms with Gasteiger partial charge < -0.3 is 10.6 Å². The van der Waals surface area contributed by atoms with Crippen molar-refractivity contribution in [2.75, 3.05) is 18.0 Å². The van der Waals surface area contributed by atoms with Crippen molar-refractivity contribution < 1.29 is 4.39 Å². The van der Waals surface area contributed by atoms with E-state index in [-0.39, 0.29) is 5.82 Å². The van der Waals surface area contributed by atoms with Gasteiger partial charge in [-0.3, -0.25) is 0 Å². The van der Waals surface area contributed by atoms with E-state index in [0.29, 0.717) is 12.6 Å². The molecule has 1 heterocycles. The van der Waals surface area contributed by atoms with Gasteiger partial charge in [0.05, 0.1) is 0 Å². The third kappa shape index (κ3) is 2.48. The van der Waals surface area contributed by atoms with Crippen molar-refractivity contribution in [3.8, 4) is 0 Å². The smallest absolute Gasteiger partial charge is 0.123 e. The maximum absolute atomic E-state index is 13.4. The average molecular weight is 262 g/mol. The molecule has 0 amide bonds. The predicted molar refractivity (Wildman–Crippen MR) is 76.9 cm³/mol. The number of piperidine rings is 1. The van der Waals surface area contributed by atoms with E-state index in [0.717, 1.165) is 24.4 Å². The molecule has 0 aromatic heterocycles. The first-order valence-corrected chi connectivity index (χ1v) is 7.54. The molecule has 3 heteroatoms. The monoisotopic (exact) mass is 262 g/mol. The second kappa shape index (κ2) is 5.49. The Morgan fingerprint density at radius 3 is 2.89 bits per heavy atom. The van der Waals surface area contributed by atoms with Gasteiger partial charge in [0.25, 0.3) is 0 Å². The third-order valence-corrected chi connectivity index (χ3v) is 4.76. The Kier molecular flexibility index (Phi) is 3.74. The summed E-state index contributed by atoms with van der Waals surface area (Å²) in [6, 6.07) is 5.89. The van der Waals surface area contributed by atoms with E-state index < -0.39 is 0 Å². The highest BCUT2D eigenvalue weighted by Crippen LogP contribution is 2.40. The molecule has 19 heavy (non-hydrogen) atoms. The molecule has 2 unspecified atom stereocenters. The fourth-order valence-corrected chi connectivity index (χ4v) is 3.94. The van der Waals surface area contributed by atoms with Crippen LogP contribution >= 0.6 is 0 Å². The lowest BCUT2D eigenvalue weighted by atomic mass is 9.90. The van der Waals surface area contributed by atoms with Crippen molar-refractivity contribution in [3.63, 3.8) is 0 Å². The van der Waals surface area contributed by atoms with E-state index in [4.69, 9.17) is 5.73 Å². The molecule has 2 aliphatic rings. The van der Waals surface area contributed by atoms with Crippen LogP contribution in [-0.2, 0) is 6.42 Å². The van der Waals surface area contributed by atoms with Gasteiger partial charge in [-0.2, -0.15) is 0 Å². The van der Waals surface area contributed by atoms with Crippen LogP contribution in [0.5, 0.6) is 0 Å². The molecule has 1 aliphatic carbocycles. The van der Waals surface area contributed by atoms with Gasteiger partial charge in [0.1, 0.15) is 5.82 Å². The summed E-state index contributed by atoms with van der Waals surface area (Å²) in [5.41, 5.74) is 7.98. The Bertz CT molecular complexity index is 446. The predicted octanol–water partition coefficient (Wildman–Crippen LogP) is 3.10. The highest BCUT2D eigenvalue weighted by molar-refractivity contribution is 5.55. The number of nitrogens with zero attached hydrogens (tertiary/aromatic N) is 1. The van der Waals surface area contributed by atoms with Crippen molar-refractivity contribution in [1.82, 2.24) is 0 Å². The summed E-state index contributed by atoms with van der Waals surface area (Å²) < 4.78 is 13.4. The average Bonchev–Trinajstić information content (AvgIpc) is 2.88. The minimum absolute atomic E-state index is 0.146. The molecule has 2 N–H and O–H groups in total. The van der Waals surface area contributed by atoms with E-state index >= 15 is 0 Å². The molecule has 0 spiro atoms. The number of hydrogen-bond donors (Lipinski definition) is 1. The first-order valence-electron chi connectivity index (χ1n) is 7.54. The van der Waals surface area contributed by atoms with E-state index in [1.807, 2.05) is 6.07 Å². The number of halogens is 1. The second-order valence-corrected chi connectivity index (χ2v) is 5.91. The third-order valence-electron chi connectivity index (χ3n) is 4.76. The molecule has 1 saturated heterocycles. The van der Waals surface area contributed by atoms with Crippen LogP contribution in [0.2, 0.25) is 0 Å². The lowest BCUT2D eigenvalue weighted by molar-refractivity contribution is 0.362. The molecule has 2 atom stereocenters. The normalized spacial score (nSPS) is 26.5. The topological polar surface area (TPSA) is 29.3 Å². The van der Waals surface area contributed by atoms with Gasteiger partial charge in [-0.1, -0.05) is 6.42 Å². The Balaban J connectivity index is 1.91. The van der Waals surface area contributed by atoms with Gasteiger partial charge in [-0.15, -0.1) is 0 Å². The molecule has 0 radical (unpaired) electrons. The zero-order valence-electron chi connectivity index (χ0n) is 11.4. The summed E-state index contributed by atoms with van der Waals surface area (Å²) in [5, 5.41) is 0. The summed E-state index contributed by atoms with van der Waals surface area (Å²) in [5.74, 6) is 0.705. The number of benzene rings is 1. The van der Waals surface area contributed by atoms with Crippen LogP contribution in [0.15, 0.2) is 18.2 Å². The Morgan fingerprint density at radius 1 is 1.21 bits per heavy atom. The highest BCUT2D eigenvalue weighted by atomic mass is 19.1. The molecular weight excluding hydrogens is 239 g/mol. The number of anilines is 1. The zero-order chi connectivity index (χ0) is 13.2. The fraction of sp³-hybridized carbons (Fsp3) is 0.625. The Hall–Kier alpha value is -1.09. The molecule has 2 nitrogen and oxygen atoms in total. The first-order chi connectivity index (χ1) is 9.29. The van der Waals surface area contributed by atoms with Crippen LogP contribution in [0, 0.1) is 11.7 Å². The van der Waals surface area contributed by atoms with E-state index in [9.17, 15) is 4.39 Å². The summed E-state index contributed by atoms with van der Waals surface area (Å²) in [6.07, 6.45) is 7.41. The first kappa shape index (κ1) is 12.9. The largest absolute Gasteiger partial charge is 0.368 e. The van der Waals surface area contributed by atoms with Crippen LogP contribution in [0.4, 0.5) is 10.1 Å². The lowest BCUT2D eigenvalue weighted by Crippen LogP contribution is -2.43. The van der Waals surface area contributed by atoms with Gasteiger partial charge >= 0.3 is 0 Å². The number of nitrogens with two attached hydrogens (primary N) is 1. The van der Waals surface area contributed by atoms with Crippen molar-refractivity contribution in [3.05, 3.63) is 29.6 Å². The van der Waals surface area contributed by atoms with Gasteiger partial charge in [0, 0.05) is 18.3 Å². The minimum Gasteiger partial charge on any atom is -0.368 e. The van der Waals surface area contributed by atoms with Gasteiger partial charge in [0.2, 0.25) is 0 Å². The minimum atomic E-state index is -0.146. The summed E-state index contributed by atoms with van der Waals surface area (Å²) in [7, 11) is 0. The van der Waals surface area contributed by atoms with Crippen molar-refractivity contribution in [2.45, 2.75) is 44.6 Å². The van der Waals surface area contributed by atoms with Crippen LogP contribution in [0.3, 0.4) is 0 Å². The van der Waals surface area contributed by atoms with Crippen molar-refractivity contribution in [1.29, 1.82) is 0 Å². The zero-order valence-corrected chi connectivity index (χ0v) is 11.4.